The quantitative estimate of drug-likeness (QED) is 0.690. The number of anilines is 1. The molecule has 0 aliphatic carbocycles. The van der Waals surface area contributed by atoms with Crippen LogP contribution in [0, 0.1) is 6.92 Å². The molecule has 0 saturated heterocycles. The summed E-state index contributed by atoms with van der Waals surface area (Å²) in [5.74, 6) is 0.755. The first-order valence-corrected chi connectivity index (χ1v) is 8.56. The van der Waals surface area contributed by atoms with Crippen LogP contribution in [0.1, 0.15) is 24.5 Å². The lowest BCUT2D eigenvalue weighted by Crippen LogP contribution is -2.12. The van der Waals surface area contributed by atoms with Crippen molar-refractivity contribution in [2.75, 3.05) is 5.32 Å². The van der Waals surface area contributed by atoms with E-state index in [1.165, 1.54) is 0 Å². The minimum Gasteiger partial charge on any atom is -0.488 e. The van der Waals surface area contributed by atoms with Crippen LogP contribution in [0.3, 0.4) is 0 Å². The van der Waals surface area contributed by atoms with Crippen molar-refractivity contribution in [1.82, 2.24) is 0 Å². The van der Waals surface area contributed by atoms with Crippen molar-refractivity contribution in [2.45, 2.75) is 26.9 Å². The molecule has 2 rings (SSSR count). The lowest BCUT2D eigenvalue weighted by atomic mass is 10.2. The number of carbonyl (C=O) groups is 1. The van der Waals surface area contributed by atoms with Gasteiger partial charge in [0, 0.05) is 22.1 Å². The highest BCUT2D eigenvalue weighted by molar-refractivity contribution is 9.10. The molecule has 0 atom stereocenters. The van der Waals surface area contributed by atoms with Crippen LogP contribution in [0.5, 0.6) is 5.75 Å². The highest BCUT2D eigenvalue weighted by Gasteiger charge is 2.11. The molecule has 2 aromatic carbocycles. The van der Waals surface area contributed by atoms with Gasteiger partial charge in [-0.1, -0.05) is 35.0 Å². The van der Waals surface area contributed by atoms with Gasteiger partial charge in [0.1, 0.15) is 12.4 Å². The van der Waals surface area contributed by atoms with Gasteiger partial charge in [-0.15, -0.1) is 0 Å². The lowest BCUT2D eigenvalue weighted by molar-refractivity contribution is -0.115. The summed E-state index contributed by atoms with van der Waals surface area (Å²) in [6.07, 6.45) is 0.441. The average molecular weight is 427 g/mol. The molecule has 5 heteroatoms. The predicted molar refractivity (Wildman–Crippen MR) is 96.3 cm³/mol. The van der Waals surface area contributed by atoms with Crippen molar-refractivity contribution in [3.63, 3.8) is 0 Å². The molecular weight excluding hydrogens is 410 g/mol. The molecule has 0 aromatic heterocycles. The zero-order valence-electron chi connectivity index (χ0n) is 12.5. The molecule has 0 fully saturated rings. The number of hydrogen-bond donors (Lipinski definition) is 1. The molecule has 0 heterocycles. The second-order valence-corrected chi connectivity index (χ2v) is 6.60. The molecule has 0 aliphatic heterocycles. The van der Waals surface area contributed by atoms with Crippen LogP contribution >= 0.6 is 31.9 Å². The van der Waals surface area contributed by atoms with E-state index in [1.54, 1.807) is 0 Å². The summed E-state index contributed by atoms with van der Waals surface area (Å²) >= 11 is 7.02. The second-order valence-electron chi connectivity index (χ2n) is 4.89. The van der Waals surface area contributed by atoms with Gasteiger partial charge in [-0.05, 0) is 52.7 Å². The first kappa shape index (κ1) is 17.0. The van der Waals surface area contributed by atoms with Gasteiger partial charge in [0.2, 0.25) is 5.91 Å². The number of nitrogens with one attached hydrogen (secondary N) is 1. The van der Waals surface area contributed by atoms with Gasteiger partial charge in [0.05, 0.1) is 4.47 Å². The molecule has 116 valence electrons. The monoisotopic (exact) mass is 425 g/mol. The highest BCUT2D eigenvalue weighted by Crippen LogP contribution is 2.30. The van der Waals surface area contributed by atoms with Crippen molar-refractivity contribution >= 4 is 43.5 Å². The topological polar surface area (TPSA) is 38.3 Å². The van der Waals surface area contributed by atoms with Gasteiger partial charge in [-0.2, -0.15) is 0 Å². The number of hydrogen-bond acceptors (Lipinski definition) is 2. The van der Waals surface area contributed by atoms with Gasteiger partial charge in [0.25, 0.3) is 0 Å². The van der Waals surface area contributed by atoms with E-state index in [1.807, 2.05) is 50.2 Å². The summed E-state index contributed by atoms with van der Waals surface area (Å²) in [4.78, 5) is 11.6. The van der Waals surface area contributed by atoms with E-state index >= 15 is 0 Å². The van der Waals surface area contributed by atoms with Crippen LogP contribution in [0.25, 0.3) is 0 Å². The Kier molecular flexibility index (Phi) is 6.03. The summed E-state index contributed by atoms with van der Waals surface area (Å²) in [6, 6.07) is 11.6. The standard InChI is InChI=1S/C17H17Br2NO2/c1-3-17(21)20-15-6-4-5-13(18)12(15)10-22-16-8-7-11(2)9-14(16)19/h4-9H,3,10H2,1-2H3,(H,20,21). The molecule has 1 amide bonds. The first-order valence-electron chi connectivity index (χ1n) is 6.97. The number of halogens is 2. The lowest BCUT2D eigenvalue weighted by Gasteiger charge is -2.14. The third-order valence-electron chi connectivity index (χ3n) is 3.17. The second kappa shape index (κ2) is 7.79. The van der Waals surface area contributed by atoms with E-state index < -0.39 is 0 Å². The fraction of sp³-hybridized carbons (Fsp3) is 0.235. The number of amides is 1. The van der Waals surface area contributed by atoms with E-state index in [0.29, 0.717) is 13.0 Å². The molecule has 0 unspecified atom stereocenters. The SMILES string of the molecule is CCC(=O)Nc1cccc(Br)c1COc1ccc(C)cc1Br. The Morgan fingerprint density at radius 2 is 1.95 bits per heavy atom. The van der Waals surface area contributed by atoms with Crippen molar-refractivity contribution in [3.8, 4) is 5.75 Å². The zero-order valence-corrected chi connectivity index (χ0v) is 15.6. The Morgan fingerprint density at radius 3 is 2.64 bits per heavy atom. The molecule has 22 heavy (non-hydrogen) atoms. The minimum atomic E-state index is -0.0177. The maximum absolute atomic E-state index is 11.6. The van der Waals surface area contributed by atoms with Gasteiger partial charge in [0.15, 0.2) is 0 Å². The Bertz CT molecular complexity index is 686. The minimum absolute atomic E-state index is 0.0177. The molecule has 0 saturated carbocycles. The van der Waals surface area contributed by atoms with E-state index in [-0.39, 0.29) is 5.91 Å². The molecular formula is C17H17Br2NO2. The Morgan fingerprint density at radius 1 is 1.18 bits per heavy atom. The Labute approximate surface area is 147 Å². The fourth-order valence-corrected chi connectivity index (χ4v) is 3.02. The fourth-order valence-electron chi connectivity index (χ4n) is 1.93. The molecule has 2 aromatic rings. The Balaban J connectivity index is 2.19. The van der Waals surface area contributed by atoms with E-state index in [0.717, 1.165) is 31.5 Å². The largest absolute Gasteiger partial charge is 0.488 e. The average Bonchev–Trinajstić information content (AvgIpc) is 2.48. The summed E-state index contributed by atoms with van der Waals surface area (Å²) in [5, 5.41) is 2.90. The van der Waals surface area contributed by atoms with Crippen molar-refractivity contribution < 1.29 is 9.53 Å². The smallest absolute Gasteiger partial charge is 0.224 e. The number of rotatable bonds is 5. The van der Waals surface area contributed by atoms with Crippen LogP contribution < -0.4 is 10.1 Å². The predicted octanol–water partition coefficient (Wildman–Crippen LogP) is 5.45. The van der Waals surface area contributed by atoms with Gasteiger partial charge >= 0.3 is 0 Å². The molecule has 0 aliphatic rings. The molecule has 0 bridgehead atoms. The van der Waals surface area contributed by atoms with E-state index in [9.17, 15) is 4.79 Å². The Hall–Kier alpha value is -1.33. The number of carbonyl (C=O) groups excluding carboxylic acids is 1. The summed E-state index contributed by atoms with van der Waals surface area (Å²) in [5.41, 5.74) is 2.84. The van der Waals surface area contributed by atoms with Crippen LogP contribution in [-0.4, -0.2) is 5.91 Å². The van der Waals surface area contributed by atoms with Gasteiger partial charge in [-0.3, -0.25) is 4.79 Å². The maximum Gasteiger partial charge on any atom is 0.224 e. The first-order chi connectivity index (χ1) is 10.5. The number of ether oxygens (including phenoxy) is 1. The van der Waals surface area contributed by atoms with Crippen LogP contribution in [0.4, 0.5) is 5.69 Å². The van der Waals surface area contributed by atoms with E-state index in [2.05, 4.69) is 37.2 Å². The van der Waals surface area contributed by atoms with Crippen LogP contribution in [-0.2, 0) is 11.4 Å². The third-order valence-corrected chi connectivity index (χ3v) is 4.54. The molecule has 0 spiro atoms. The maximum atomic E-state index is 11.6. The number of aryl methyl sites for hydroxylation is 1. The highest BCUT2D eigenvalue weighted by atomic mass is 79.9. The van der Waals surface area contributed by atoms with Crippen LogP contribution in [0.2, 0.25) is 0 Å². The van der Waals surface area contributed by atoms with Crippen LogP contribution in [0.15, 0.2) is 45.3 Å². The summed E-state index contributed by atoms with van der Waals surface area (Å²) < 4.78 is 7.71. The van der Waals surface area contributed by atoms with Gasteiger partial charge < -0.3 is 10.1 Å². The normalized spacial score (nSPS) is 10.4. The molecule has 0 radical (unpaired) electrons. The van der Waals surface area contributed by atoms with Crippen molar-refractivity contribution in [1.29, 1.82) is 0 Å². The van der Waals surface area contributed by atoms with Gasteiger partial charge in [-0.25, -0.2) is 0 Å². The summed E-state index contributed by atoms with van der Waals surface area (Å²) in [7, 11) is 0. The number of benzene rings is 2. The third kappa shape index (κ3) is 4.34. The molecule has 1 N–H and O–H groups in total. The molecule has 3 nitrogen and oxygen atoms in total. The van der Waals surface area contributed by atoms with E-state index in [4.69, 9.17) is 4.74 Å². The van der Waals surface area contributed by atoms with Crippen molar-refractivity contribution in [3.05, 3.63) is 56.5 Å². The summed E-state index contributed by atoms with van der Waals surface area (Å²) in [6.45, 7) is 4.22. The van der Waals surface area contributed by atoms with Crippen molar-refractivity contribution in [2.24, 2.45) is 0 Å². The zero-order chi connectivity index (χ0) is 16.1.